The minimum atomic E-state index is 0.434. The van der Waals surface area contributed by atoms with Gasteiger partial charge in [0.15, 0.2) is 5.17 Å². The van der Waals surface area contributed by atoms with E-state index in [2.05, 4.69) is 42.6 Å². The van der Waals surface area contributed by atoms with Gasteiger partial charge < -0.3 is 5.32 Å². The van der Waals surface area contributed by atoms with E-state index in [1.54, 1.807) is 0 Å². The van der Waals surface area contributed by atoms with Gasteiger partial charge in [0.25, 0.3) is 0 Å². The molecule has 1 aromatic rings. The van der Waals surface area contributed by atoms with E-state index in [1.807, 2.05) is 11.8 Å². The highest BCUT2D eigenvalue weighted by atomic mass is 32.2. The van der Waals surface area contributed by atoms with Crippen LogP contribution in [0.5, 0.6) is 0 Å². The van der Waals surface area contributed by atoms with Gasteiger partial charge in [-0.1, -0.05) is 55.4 Å². The van der Waals surface area contributed by atoms with Crippen LogP contribution >= 0.6 is 11.8 Å². The summed E-state index contributed by atoms with van der Waals surface area (Å²) in [6.07, 6.45) is 5.41. The van der Waals surface area contributed by atoms with E-state index in [4.69, 9.17) is 4.99 Å². The molecule has 102 valence electrons. The van der Waals surface area contributed by atoms with Crippen LogP contribution in [0, 0.1) is 5.41 Å². The van der Waals surface area contributed by atoms with Crippen molar-refractivity contribution in [2.45, 2.75) is 38.6 Å². The molecular formula is C16H22N2S. The van der Waals surface area contributed by atoms with E-state index >= 15 is 0 Å². The molecule has 1 saturated carbocycles. The van der Waals surface area contributed by atoms with Gasteiger partial charge in [0.05, 0.1) is 6.04 Å². The quantitative estimate of drug-likeness (QED) is 0.897. The van der Waals surface area contributed by atoms with Crippen molar-refractivity contribution in [2.24, 2.45) is 10.4 Å². The first-order valence-electron chi connectivity index (χ1n) is 7.30. The zero-order chi connectivity index (χ0) is 13.1. The molecule has 1 aliphatic heterocycles. The van der Waals surface area contributed by atoms with E-state index in [-0.39, 0.29) is 0 Å². The Morgan fingerprint density at radius 1 is 1.32 bits per heavy atom. The molecule has 0 amide bonds. The van der Waals surface area contributed by atoms with Crippen LogP contribution in [0.4, 0.5) is 0 Å². The fourth-order valence-electron chi connectivity index (χ4n) is 2.89. The smallest absolute Gasteiger partial charge is 0.157 e. The molecule has 1 unspecified atom stereocenters. The highest BCUT2D eigenvalue weighted by Gasteiger charge is 2.35. The van der Waals surface area contributed by atoms with Crippen LogP contribution in [-0.4, -0.2) is 17.5 Å². The van der Waals surface area contributed by atoms with Crippen LogP contribution in [0.1, 0.15) is 44.2 Å². The minimum Gasteiger partial charge on any atom is -0.357 e. The average Bonchev–Trinajstić information content (AvgIpc) is 2.88. The Labute approximate surface area is 120 Å². The number of rotatable bonds is 4. The molecular weight excluding hydrogens is 252 g/mol. The molecule has 3 rings (SSSR count). The predicted octanol–water partition coefficient (Wildman–Crippen LogP) is 4.00. The topological polar surface area (TPSA) is 24.4 Å². The van der Waals surface area contributed by atoms with Gasteiger partial charge in [-0.15, -0.1) is 0 Å². The molecule has 1 atom stereocenters. The molecule has 1 N–H and O–H groups in total. The van der Waals surface area contributed by atoms with Gasteiger partial charge >= 0.3 is 0 Å². The second kappa shape index (κ2) is 5.58. The maximum Gasteiger partial charge on any atom is 0.157 e. The van der Waals surface area contributed by atoms with Crippen molar-refractivity contribution >= 4 is 16.9 Å². The van der Waals surface area contributed by atoms with Crippen molar-refractivity contribution in [1.29, 1.82) is 0 Å². The van der Waals surface area contributed by atoms with Crippen molar-refractivity contribution in [1.82, 2.24) is 5.32 Å². The van der Waals surface area contributed by atoms with Gasteiger partial charge in [-0.05, 0) is 30.2 Å². The lowest BCUT2D eigenvalue weighted by Gasteiger charge is -2.40. The van der Waals surface area contributed by atoms with Gasteiger partial charge in [-0.2, -0.15) is 0 Å². The molecule has 2 nitrogen and oxygen atoms in total. The third-order valence-electron chi connectivity index (χ3n) is 4.61. The van der Waals surface area contributed by atoms with Crippen LogP contribution in [-0.2, 0) is 0 Å². The lowest BCUT2D eigenvalue weighted by molar-refractivity contribution is 0.139. The predicted molar refractivity (Wildman–Crippen MR) is 83.7 cm³/mol. The third-order valence-corrected chi connectivity index (χ3v) is 5.63. The monoisotopic (exact) mass is 274 g/mol. The van der Waals surface area contributed by atoms with Crippen LogP contribution in [0.25, 0.3) is 0 Å². The molecule has 0 spiro atoms. The summed E-state index contributed by atoms with van der Waals surface area (Å²) >= 11 is 1.87. The number of thioether (sulfide) groups is 1. The Morgan fingerprint density at radius 3 is 2.74 bits per heavy atom. The molecule has 0 radical (unpaired) electrons. The maximum absolute atomic E-state index is 4.83. The number of aliphatic imine (C=N–C) groups is 1. The number of amidine groups is 1. The van der Waals surface area contributed by atoms with Crippen molar-refractivity contribution < 1.29 is 0 Å². The molecule has 3 heteroatoms. The van der Waals surface area contributed by atoms with E-state index in [9.17, 15) is 0 Å². The highest BCUT2D eigenvalue weighted by Crippen LogP contribution is 2.44. The lowest BCUT2D eigenvalue weighted by atomic mass is 9.67. The Kier molecular flexibility index (Phi) is 3.83. The van der Waals surface area contributed by atoms with E-state index in [0.717, 1.165) is 17.5 Å². The molecule has 1 aliphatic carbocycles. The van der Waals surface area contributed by atoms with Crippen LogP contribution in [0.3, 0.4) is 0 Å². The zero-order valence-corrected chi connectivity index (χ0v) is 12.4. The summed E-state index contributed by atoms with van der Waals surface area (Å²) in [5, 5.41) is 4.71. The van der Waals surface area contributed by atoms with Gasteiger partial charge in [-0.3, -0.25) is 4.99 Å². The molecule has 0 bridgehead atoms. The minimum absolute atomic E-state index is 0.434. The van der Waals surface area contributed by atoms with Crippen LogP contribution in [0.15, 0.2) is 35.3 Å². The second-order valence-corrected chi connectivity index (χ2v) is 6.76. The summed E-state index contributed by atoms with van der Waals surface area (Å²) in [4.78, 5) is 4.83. The van der Waals surface area contributed by atoms with Crippen LogP contribution < -0.4 is 5.32 Å². The molecule has 0 aromatic heterocycles. The first-order chi connectivity index (χ1) is 9.31. The van der Waals surface area contributed by atoms with Crippen LogP contribution in [0.2, 0.25) is 0 Å². The van der Waals surface area contributed by atoms with Crippen molar-refractivity contribution in [3.8, 4) is 0 Å². The average molecular weight is 274 g/mol. The number of hydrogen-bond donors (Lipinski definition) is 1. The molecule has 1 saturated heterocycles. The summed E-state index contributed by atoms with van der Waals surface area (Å²) in [5.74, 6) is 1.10. The molecule has 1 aromatic carbocycles. The summed E-state index contributed by atoms with van der Waals surface area (Å²) in [7, 11) is 0. The fraction of sp³-hybridized carbons (Fsp3) is 0.562. The Balaban J connectivity index is 1.60. The lowest BCUT2D eigenvalue weighted by Crippen LogP contribution is -2.32. The van der Waals surface area contributed by atoms with E-state index < -0.39 is 0 Å². The Morgan fingerprint density at radius 2 is 2.11 bits per heavy atom. The Bertz CT molecular complexity index is 446. The van der Waals surface area contributed by atoms with E-state index in [0.29, 0.717) is 11.5 Å². The van der Waals surface area contributed by atoms with Gasteiger partial charge in [0.2, 0.25) is 0 Å². The van der Waals surface area contributed by atoms with E-state index in [1.165, 1.54) is 31.2 Å². The highest BCUT2D eigenvalue weighted by molar-refractivity contribution is 8.14. The number of nitrogens with zero attached hydrogens (tertiary/aromatic N) is 1. The standard InChI is InChI=1S/C16H22N2S/c1-2-16(9-6-10-16)12-17-15-18-14(11-19-15)13-7-4-3-5-8-13/h3-5,7-8,14H,2,6,9-12H2,1H3,(H,17,18). The second-order valence-electron chi connectivity index (χ2n) is 5.75. The van der Waals surface area contributed by atoms with Gasteiger partial charge in [-0.25, -0.2) is 0 Å². The fourth-order valence-corrected chi connectivity index (χ4v) is 3.87. The molecule has 1 heterocycles. The number of benzene rings is 1. The summed E-state index contributed by atoms with van der Waals surface area (Å²) in [6, 6.07) is 11.1. The zero-order valence-electron chi connectivity index (χ0n) is 11.6. The number of hydrogen-bond acceptors (Lipinski definition) is 2. The van der Waals surface area contributed by atoms with Gasteiger partial charge in [0, 0.05) is 12.3 Å². The normalized spacial score (nSPS) is 27.0. The van der Waals surface area contributed by atoms with Crippen molar-refractivity contribution in [3.63, 3.8) is 0 Å². The molecule has 19 heavy (non-hydrogen) atoms. The third kappa shape index (κ3) is 2.81. The van der Waals surface area contributed by atoms with Gasteiger partial charge in [0.1, 0.15) is 0 Å². The molecule has 2 aliphatic rings. The largest absolute Gasteiger partial charge is 0.357 e. The van der Waals surface area contributed by atoms with Crippen molar-refractivity contribution in [3.05, 3.63) is 35.9 Å². The summed E-state index contributed by atoms with van der Waals surface area (Å²) < 4.78 is 0. The first-order valence-corrected chi connectivity index (χ1v) is 8.29. The summed E-state index contributed by atoms with van der Waals surface area (Å²) in [6.45, 7) is 3.32. The molecule has 2 fully saturated rings. The SMILES string of the molecule is CCC1(CN=C2NC(c3ccccc3)CS2)CCC1. The Hall–Kier alpha value is -0.960. The number of nitrogens with one attached hydrogen (secondary N) is 1. The maximum atomic E-state index is 4.83. The first kappa shape index (κ1) is 13.0. The summed E-state index contributed by atoms with van der Waals surface area (Å²) in [5.41, 5.74) is 1.90. The van der Waals surface area contributed by atoms with Crippen molar-refractivity contribution in [2.75, 3.05) is 12.3 Å².